The maximum absolute atomic E-state index is 10.8. The van der Waals surface area contributed by atoms with Gasteiger partial charge in [0.2, 0.25) is 0 Å². The van der Waals surface area contributed by atoms with E-state index < -0.39 is 12.0 Å². The second-order valence-corrected chi connectivity index (χ2v) is 4.34. The number of hydrogen-bond donors (Lipinski definition) is 2. The average molecular weight is 236 g/mol. The number of aromatic nitrogens is 2. The molecule has 6 heteroatoms. The highest BCUT2D eigenvalue weighted by atomic mass is 16.4. The van der Waals surface area contributed by atoms with Gasteiger partial charge in [0.25, 0.3) is 0 Å². The number of carboxylic acid groups (broad SMARTS) is 1. The lowest BCUT2D eigenvalue weighted by atomic mass is 10.1. The van der Waals surface area contributed by atoms with Crippen LogP contribution < -0.4 is 5.32 Å². The second-order valence-electron chi connectivity index (χ2n) is 4.34. The Kier molecular flexibility index (Phi) is 3.23. The van der Waals surface area contributed by atoms with Crippen LogP contribution in [-0.4, -0.2) is 45.6 Å². The number of nitrogens with one attached hydrogen (secondary N) is 1. The zero-order chi connectivity index (χ0) is 12.4. The van der Waals surface area contributed by atoms with Gasteiger partial charge in [-0.05, 0) is 20.4 Å². The van der Waals surface area contributed by atoms with Gasteiger partial charge in [0.15, 0.2) is 0 Å². The van der Waals surface area contributed by atoms with E-state index in [9.17, 15) is 4.79 Å². The maximum Gasteiger partial charge on any atom is 0.325 e. The standard InChI is InChI=1S/C11H16N4O2/c1-7(11(16)17)14-10-8-3-4-15(2)5-9(8)12-6-13-10/h6-7H,3-5H2,1-2H3,(H,16,17)(H,12,13,14). The minimum atomic E-state index is -0.884. The smallest absolute Gasteiger partial charge is 0.325 e. The number of aliphatic carboxylic acids is 1. The van der Waals surface area contributed by atoms with Crippen molar-refractivity contribution in [2.45, 2.75) is 25.9 Å². The van der Waals surface area contributed by atoms with Crippen LogP contribution in [0.2, 0.25) is 0 Å². The van der Waals surface area contributed by atoms with Crippen LogP contribution in [0.1, 0.15) is 18.2 Å². The number of hydrogen-bond acceptors (Lipinski definition) is 5. The van der Waals surface area contributed by atoms with Gasteiger partial charge in [-0.1, -0.05) is 0 Å². The summed E-state index contributed by atoms with van der Waals surface area (Å²) < 4.78 is 0. The topological polar surface area (TPSA) is 78.4 Å². The Labute approximate surface area is 99.7 Å². The molecule has 0 aliphatic carbocycles. The van der Waals surface area contributed by atoms with Crippen molar-refractivity contribution in [1.29, 1.82) is 0 Å². The van der Waals surface area contributed by atoms with E-state index >= 15 is 0 Å². The minimum absolute atomic E-state index is 0.645. The predicted octanol–water partition coefficient (Wildman–Crippen LogP) is 0.349. The van der Waals surface area contributed by atoms with Gasteiger partial charge in [-0.15, -0.1) is 0 Å². The van der Waals surface area contributed by atoms with Crippen molar-refractivity contribution < 1.29 is 9.90 Å². The fraction of sp³-hybridized carbons (Fsp3) is 0.545. The molecule has 0 bridgehead atoms. The van der Waals surface area contributed by atoms with E-state index in [4.69, 9.17) is 5.11 Å². The van der Waals surface area contributed by atoms with Gasteiger partial charge in [0, 0.05) is 18.7 Å². The number of likely N-dealkylation sites (N-methyl/N-ethyl adjacent to an activating group) is 1. The fourth-order valence-electron chi connectivity index (χ4n) is 1.88. The van der Waals surface area contributed by atoms with Crippen LogP contribution in [-0.2, 0) is 17.8 Å². The molecule has 1 aliphatic heterocycles. The monoisotopic (exact) mass is 236 g/mol. The first-order chi connectivity index (χ1) is 8.08. The van der Waals surface area contributed by atoms with E-state index in [0.29, 0.717) is 5.82 Å². The molecule has 17 heavy (non-hydrogen) atoms. The molecule has 1 atom stereocenters. The summed E-state index contributed by atoms with van der Waals surface area (Å²) in [6, 6.07) is -0.645. The highest BCUT2D eigenvalue weighted by molar-refractivity contribution is 5.76. The molecule has 2 heterocycles. The lowest BCUT2D eigenvalue weighted by Crippen LogP contribution is -2.31. The number of anilines is 1. The van der Waals surface area contributed by atoms with Crippen molar-refractivity contribution in [3.05, 3.63) is 17.6 Å². The van der Waals surface area contributed by atoms with Gasteiger partial charge in [0.05, 0.1) is 5.69 Å². The zero-order valence-electron chi connectivity index (χ0n) is 9.97. The number of carboxylic acids is 1. The molecule has 2 rings (SSSR count). The molecular formula is C11H16N4O2. The van der Waals surface area contributed by atoms with Gasteiger partial charge in [-0.3, -0.25) is 4.79 Å². The third-order valence-corrected chi connectivity index (χ3v) is 2.92. The summed E-state index contributed by atoms with van der Waals surface area (Å²) in [7, 11) is 2.04. The molecule has 0 spiro atoms. The van der Waals surface area contributed by atoms with Crippen molar-refractivity contribution in [1.82, 2.24) is 14.9 Å². The van der Waals surface area contributed by atoms with E-state index in [1.807, 2.05) is 7.05 Å². The molecule has 92 valence electrons. The summed E-state index contributed by atoms with van der Waals surface area (Å²) in [6.45, 7) is 3.33. The molecule has 0 saturated carbocycles. The molecule has 2 N–H and O–H groups in total. The van der Waals surface area contributed by atoms with E-state index in [-0.39, 0.29) is 0 Å². The van der Waals surface area contributed by atoms with E-state index in [0.717, 1.165) is 30.8 Å². The first kappa shape index (κ1) is 11.8. The molecule has 1 aromatic rings. The van der Waals surface area contributed by atoms with Crippen LogP contribution in [0.4, 0.5) is 5.82 Å². The Balaban J connectivity index is 2.24. The molecule has 1 aliphatic rings. The quantitative estimate of drug-likeness (QED) is 0.788. The molecule has 0 radical (unpaired) electrons. The lowest BCUT2D eigenvalue weighted by molar-refractivity contribution is -0.137. The third-order valence-electron chi connectivity index (χ3n) is 2.92. The summed E-state index contributed by atoms with van der Waals surface area (Å²) in [5, 5.41) is 11.8. The normalized spacial score (nSPS) is 17.3. The second kappa shape index (κ2) is 4.67. The van der Waals surface area contributed by atoms with Crippen LogP contribution in [0.3, 0.4) is 0 Å². The molecule has 0 aromatic carbocycles. The number of nitrogens with zero attached hydrogens (tertiary/aromatic N) is 3. The van der Waals surface area contributed by atoms with Gasteiger partial charge in [-0.2, -0.15) is 0 Å². The van der Waals surface area contributed by atoms with Crippen LogP contribution in [0, 0.1) is 0 Å². The molecular weight excluding hydrogens is 220 g/mol. The molecule has 1 aromatic heterocycles. The third kappa shape index (κ3) is 2.52. The number of rotatable bonds is 3. The Hall–Kier alpha value is -1.69. The molecule has 0 fully saturated rings. The van der Waals surface area contributed by atoms with Crippen LogP contribution in [0.25, 0.3) is 0 Å². The Bertz CT molecular complexity index is 435. The number of fused-ring (bicyclic) bond motifs is 1. The van der Waals surface area contributed by atoms with E-state index in [1.165, 1.54) is 6.33 Å². The summed E-state index contributed by atoms with van der Waals surface area (Å²) in [5.74, 6) is -0.233. The molecule has 0 amide bonds. The first-order valence-electron chi connectivity index (χ1n) is 5.58. The van der Waals surface area contributed by atoms with Crippen LogP contribution >= 0.6 is 0 Å². The zero-order valence-corrected chi connectivity index (χ0v) is 9.97. The SMILES string of the molecule is CC(Nc1ncnc2c1CCN(C)C2)C(=O)O. The summed E-state index contributed by atoms with van der Waals surface area (Å²) in [4.78, 5) is 21.4. The Morgan fingerprint density at radius 3 is 3.06 bits per heavy atom. The fourth-order valence-corrected chi connectivity index (χ4v) is 1.88. The van der Waals surface area contributed by atoms with Gasteiger partial charge < -0.3 is 15.3 Å². The van der Waals surface area contributed by atoms with E-state index in [2.05, 4.69) is 20.2 Å². The largest absolute Gasteiger partial charge is 0.480 e. The lowest BCUT2D eigenvalue weighted by Gasteiger charge is -2.25. The highest BCUT2D eigenvalue weighted by Crippen LogP contribution is 2.22. The van der Waals surface area contributed by atoms with Crippen molar-refractivity contribution >= 4 is 11.8 Å². The predicted molar refractivity (Wildman–Crippen MR) is 62.8 cm³/mol. The van der Waals surface area contributed by atoms with Crippen molar-refractivity contribution in [3.63, 3.8) is 0 Å². The Morgan fingerprint density at radius 1 is 1.59 bits per heavy atom. The van der Waals surface area contributed by atoms with Gasteiger partial charge >= 0.3 is 5.97 Å². The first-order valence-corrected chi connectivity index (χ1v) is 5.58. The molecule has 1 unspecified atom stereocenters. The van der Waals surface area contributed by atoms with Crippen molar-refractivity contribution in [3.8, 4) is 0 Å². The summed E-state index contributed by atoms with van der Waals surface area (Å²) in [6.07, 6.45) is 2.33. The maximum atomic E-state index is 10.8. The van der Waals surface area contributed by atoms with Crippen molar-refractivity contribution in [2.75, 3.05) is 18.9 Å². The highest BCUT2D eigenvalue weighted by Gasteiger charge is 2.20. The molecule has 6 nitrogen and oxygen atoms in total. The van der Waals surface area contributed by atoms with Crippen LogP contribution in [0.5, 0.6) is 0 Å². The summed E-state index contributed by atoms with van der Waals surface area (Å²) in [5.41, 5.74) is 2.02. The molecule has 0 saturated heterocycles. The van der Waals surface area contributed by atoms with Crippen molar-refractivity contribution in [2.24, 2.45) is 0 Å². The average Bonchev–Trinajstić information content (AvgIpc) is 2.28. The Morgan fingerprint density at radius 2 is 2.35 bits per heavy atom. The summed E-state index contributed by atoms with van der Waals surface area (Å²) >= 11 is 0. The number of carbonyl (C=O) groups is 1. The van der Waals surface area contributed by atoms with Gasteiger partial charge in [-0.25, -0.2) is 9.97 Å². The van der Waals surface area contributed by atoms with E-state index in [1.54, 1.807) is 6.92 Å². The van der Waals surface area contributed by atoms with Crippen LogP contribution in [0.15, 0.2) is 6.33 Å². The minimum Gasteiger partial charge on any atom is -0.480 e. The van der Waals surface area contributed by atoms with Gasteiger partial charge in [0.1, 0.15) is 18.2 Å².